The summed E-state index contributed by atoms with van der Waals surface area (Å²) in [5, 5.41) is 3.57. The molecule has 102 valence electrons. The Morgan fingerprint density at radius 3 is 2.44 bits per heavy atom. The summed E-state index contributed by atoms with van der Waals surface area (Å²) in [6, 6.07) is 11.3. The molecule has 1 N–H and O–H groups in total. The Balaban J connectivity index is 2.55. The molecule has 0 aliphatic heterocycles. The molecular formula is C16H28N2. The fourth-order valence-electron chi connectivity index (χ4n) is 2.10. The SMILES string of the molecule is CCCCN(CC(C)NCCC)c1ccccc1. The van der Waals surface area contributed by atoms with E-state index in [2.05, 4.69) is 61.3 Å². The summed E-state index contributed by atoms with van der Waals surface area (Å²) in [5.74, 6) is 0. The maximum atomic E-state index is 3.57. The lowest BCUT2D eigenvalue weighted by Crippen LogP contribution is -2.40. The monoisotopic (exact) mass is 248 g/mol. The van der Waals surface area contributed by atoms with Gasteiger partial charge in [0.2, 0.25) is 0 Å². The van der Waals surface area contributed by atoms with Crippen LogP contribution in [-0.2, 0) is 0 Å². The van der Waals surface area contributed by atoms with E-state index in [-0.39, 0.29) is 0 Å². The van der Waals surface area contributed by atoms with Crippen molar-refractivity contribution in [2.75, 3.05) is 24.5 Å². The van der Waals surface area contributed by atoms with Crippen molar-refractivity contribution in [3.8, 4) is 0 Å². The van der Waals surface area contributed by atoms with Crippen LogP contribution in [0.2, 0.25) is 0 Å². The second-order valence-corrected chi connectivity index (χ2v) is 4.99. The molecule has 0 bridgehead atoms. The van der Waals surface area contributed by atoms with Gasteiger partial charge in [-0.1, -0.05) is 38.5 Å². The fraction of sp³-hybridized carbons (Fsp3) is 0.625. The molecule has 0 saturated carbocycles. The molecule has 1 aromatic carbocycles. The largest absolute Gasteiger partial charge is 0.370 e. The number of hydrogen-bond acceptors (Lipinski definition) is 2. The van der Waals surface area contributed by atoms with Gasteiger partial charge in [-0.15, -0.1) is 0 Å². The van der Waals surface area contributed by atoms with Gasteiger partial charge >= 0.3 is 0 Å². The van der Waals surface area contributed by atoms with Crippen molar-refractivity contribution in [2.24, 2.45) is 0 Å². The van der Waals surface area contributed by atoms with E-state index in [9.17, 15) is 0 Å². The van der Waals surface area contributed by atoms with Gasteiger partial charge in [0.1, 0.15) is 0 Å². The molecule has 1 unspecified atom stereocenters. The summed E-state index contributed by atoms with van der Waals surface area (Å²) in [4.78, 5) is 2.50. The van der Waals surface area contributed by atoms with Crippen LogP contribution in [0.1, 0.15) is 40.0 Å². The van der Waals surface area contributed by atoms with Crippen LogP contribution in [0.25, 0.3) is 0 Å². The molecule has 1 atom stereocenters. The first-order valence-electron chi connectivity index (χ1n) is 7.31. The molecule has 0 aliphatic carbocycles. The van der Waals surface area contributed by atoms with E-state index in [1.165, 1.54) is 24.9 Å². The third-order valence-corrected chi connectivity index (χ3v) is 3.14. The van der Waals surface area contributed by atoms with Crippen molar-refractivity contribution in [1.29, 1.82) is 0 Å². The fourth-order valence-corrected chi connectivity index (χ4v) is 2.10. The standard InChI is InChI=1S/C16H28N2/c1-4-6-13-18(14-15(3)17-12-5-2)16-10-8-7-9-11-16/h7-11,15,17H,4-6,12-14H2,1-3H3. The van der Waals surface area contributed by atoms with Gasteiger partial charge in [0.05, 0.1) is 0 Å². The van der Waals surface area contributed by atoms with Crippen LogP contribution >= 0.6 is 0 Å². The van der Waals surface area contributed by atoms with Gasteiger partial charge in [-0.2, -0.15) is 0 Å². The van der Waals surface area contributed by atoms with Crippen LogP contribution in [0.5, 0.6) is 0 Å². The Bertz CT molecular complexity index is 297. The number of benzene rings is 1. The summed E-state index contributed by atoms with van der Waals surface area (Å²) in [6.07, 6.45) is 3.71. The quantitative estimate of drug-likeness (QED) is 0.717. The first-order valence-corrected chi connectivity index (χ1v) is 7.31. The Morgan fingerprint density at radius 2 is 1.83 bits per heavy atom. The number of hydrogen-bond donors (Lipinski definition) is 1. The zero-order valence-corrected chi connectivity index (χ0v) is 12.2. The molecule has 0 radical (unpaired) electrons. The number of nitrogens with one attached hydrogen (secondary N) is 1. The number of para-hydroxylation sites is 1. The number of nitrogens with zero attached hydrogens (tertiary/aromatic N) is 1. The van der Waals surface area contributed by atoms with E-state index in [0.29, 0.717) is 6.04 Å². The topological polar surface area (TPSA) is 15.3 Å². The molecule has 0 amide bonds. The molecule has 1 rings (SSSR count). The molecule has 0 fully saturated rings. The zero-order valence-electron chi connectivity index (χ0n) is 12.2. The van der Waals surface area contributed by atoms with Crippen molar-refractivity contribution >= 4 is 5.69 Å². The van der Waals surface area contributed by atoms with Gasteiger partial charge in [0, 0.05) is 24.8 Å². The maximum absolute atomic E-state index is 3.57. The third kappa shape index (κ3) is 5.54. The molecule has 0 saturated heterocycles. The lowest BCUT2D eigenvalue weighted by atomic mass is 10.2. The molecule has 2 heteroatoms. The summed E-state index contributed by atoms with van der Waals surface area (Å²) in [5.41, 5.74) is 1.34. The highest BCUT2D eigenvalue weighted by Crippen LogP contribution is 2.14. The summed E-state index contributed by atoms with van der Waals surface area (Å²) in [6.45, 7) is 10.1. The van der Waals surface area contributed by atoms with Gasteiger partial charge in [-0.3, -0.25) is 0 Å². The lowest BCUT2D eigenvalue weighted by Gasteiger charge is -2.28. The van der Waals surface area contributed by atoms with Crippen molar-refractivity contribution in [3.63, 3.8) is 0 Å². The van der Waals surface area contributed by atoms with Crippen LogP contribution in [-0.4, -0.2) is 25.7 Å². The Morgan fingerprint density at radius 1 is 1.11 bits per heavy atom. The van der Waals surface area contributed by atoms with Crippen molar-refractivity contribution in [1.82, 2.24) is 5.32 Å². The highest BCUT2D eigenvalue weighted by molar-refractivity contribution is 5.46. The predicted molar refractivity (Wildman–Crippen MR) is 81.3 cm³/mol. The van der Waals surface area contributed by atoms with E-state index in [1.54, 1.807) is 0 Å². The van der Waals surface area contributed by atoms with Crippen molar-refractivity contribution in [2.45, 2.75) is 46.1 Å². The molecule has 2 nitrogen and oxygen atoms in total. The highest BCUT2D eigenvalue weighted by atomic mass is 15.1. The molecule has 0 aliphatic rings. The van der Waals surface area contributed by atoms with E-state index in [4.69, 9.17) is 0 Å². The molecule has 0 aromatic heterocycles. The number of anilines is 1. The minimum Gasteiger partial charge on any atom is -0.370 e. The molecule has 0 spiro atoms. The minimum absolute atomic E-state index is 0.544. The normalized spacial score (nSPS) is 12.4. The predicted octanol–water partition coefficient (Wildman–Crippen LogP) is 3.68. The first kappa shape index (κ1) is 15.0. The molecule has 1 aromatic rings. The maximum Gasteiger partial charge on any atom is 0.0366 e. The van der Waals surface area contributed by atoms with E-state index in [0.717, 1.165) is 19.6 Å². The summed E-state index contributed by atoms with van der Waals surface area (Å²) in [7, 11) is 0. The lowest BCUT2D eigenvalue weighted by molar-refractivity contribution is 0.529. The number of rotatable bonds is 9. The second-order valence-electron chi connectivity index (χ2n) is 4.99. The van der Waals surface area contributed by atoms with Crippen molar-refractivity contribution in [3.05, 3.63) is 30.3 Å². The van der Waals surface area contributed by atoms with Crippen LogP contribution in [0.15, 0.2) is 30.3 Å². The van der Waals surface area contributed by atoms with Crippen LogP contribution in [0.4, 0.5) is 5.69 Å². The van der Waals surface area contributed by atoms with Gasteiger partial charge in [-0.05, 0) is 38.4 Å². The smallest absolute Gasteiger partial charge is 0.0366 e. The number of unbranched alkanes of at least 4 members (excludes halogenated alkanes) is 1. The van der Waals surface area contributed by atoms with E-state index < -0.39 is 0 Å². The third-order valence-electron chi connectivity index (χ3n) is 3.14. The first-order chi connectivity index (χ1) is 8.77. The van der Waals surface area contributed by atoms with Crippen LogP contribution in [0.3, 0.4) is 0 Å². The molecular weight excluding hydrogens is 220 g/mol. The average Bonchev–Trinajstić information content (AvgIpc) is 2.42. The highest BCUT2D eigenvalue weighted by Gasteiger charge is 2.09. The average molecular weight is 248 g/mol. The van der Waals surface area contributed by atoms with Crippen LogP contribution < -0.4 is 10.2 Å². The second kappa shape index (κ2) is 8.98. The van der Waals surface area contributed by atoms with Gasteiger partial charge in [-0.25, -0.2) is 0 Å². The minimum atomic E-state index is 0.544. The Labute approximate surface area is 112 Å². The van der Waals surface area contributed by atoms with Gasteiger partial charge < -0.3 is 10.2 Å². The van der Waals surface area contributed by atoms with E-state index in [1.807, 2.05) is 0 Å². The van der Waals surface area contributed by atoms with Gasteiger partial charge in [0.25, 0.3) is 0 Å². The van der Waals surface area contributed by atoms with Gasteiger partial charge in [0.15, 0.2) is 0 Å². The van der Waals surface area contributed by atoms with Crippen LogP contribution in [0, 0.1) is 0 Å². The molecule has 18 heavy (non-hydrogen) atoms. The summed E-state index contributed by atoms with van der Waals surface area (Å²) < 4.78 is 0. The van der Waals surface area contributed by atoms with E-state index >= 15 is 0 Å². The zero-order chi connectivity index (χ0) is 13.2. The Kier molecular flexibility index (Phi) is 7.51. The summed E-state index contributed by atoms with van der Waals surface area (Å²) >= 11 is 0. The molecule has 0 heterocycles. The Hall–Kier alpha value is -1.02. The van der Waals surface area contributed by atoms with Crippen molar-refractivity contribution < 1.29 is 0 Å².